The van der Waals surface area contributed by atoms with Crippen LogP contribution >= 0.6 is 0 Å². The van der Waals surface area contributed by atoms with Crippen molar-refractivity contribution < 1.29 is 9.47 Å². The normalized spacial score (nSPS) is 11.6. The van der Waals surface area contributed by atoms with Gasteiger partial charge in [-0.2, -0.15) is 0 Å². The van der Waals surface area contributed by atoms with E-state index < -0.39 is 0 Å². The zero-order valence-corrected chi connectivity index (χ0v) is 12.7. The third-order valence-corrected chi connectivity index (χ3v) is 2.97. The van der Waals surface area contributed by atoms with E-state index in [1.807, 2.05) is 12.1 Å². The quantitative estimate of drug-likeness (QED) is 0.733. The van der Waals surface area contributed by atoms with E-state index in [2.05, 4.69) is 38.2 Å². The third-order valence-electron chi connectivity index (χ3n) is 2.97. The fraction of sp³-hybridized carbons (Fsp3) is 0.625. The number of ether oxygens (including phenoxy) is 2. The van der Waals surface area contributed by atoms with E-state index in [1.165, 1.54) is 5.56 Å². The molecule has 0 amide bonds. The minimum atomic E-state index is 0.196. The van der Waals surface area contributed by atoms with E-state index in [4.69, 9.17) is 9.47 Å². The number of hydrogen-bond donors (Lipinski definition) is 1. The van der Waals surface area contributed by atoms with Gasteiger partial charge in [-0.3, -0.25) is 0 Å². The summed E-state index contributed by atoms with van der Waals surface area (Å²) in [7, 11) is 1.73. The highest BCUT2D eigenvalue weighted by atomic mass is 16.5. The molecule has 0 aliphatic heterocycles. The highest BCUT2D eigenvalue weighted by Gasteiger charge is 2.12. The van der Waals surface area contributed by atoms with Gasteiger partial charge in [-0.1, -0.05) is 32.9 Å². The number of benzene rings is 1. The van der Waals surface area contributed by atoms with Crippen LogP contribution in [0.5, 0.6) is 5.75 Å². The highest BCUT2D eigenvalue weighted by Crippen LogP contribution is 2.24. The van der Waals surface area contributed by atoms with Crippen molar-refractivity contribution in [2.24, 2.45) is 0 Å². The van der Waals surface area contributed by atoms with Gasteiger partial charge in [-0.15, -0.1) is 0 Å². The molecule has 0 unspecified atom stereocenters. The smallest absolute Gasteiger partial charge is 0.119 e. The van der Waals surface area contributed by atoms with Gasteiger partial charge < -0.3 is 14.8 Å². The first kappa shape index (κ1) is 16.0. The third kappa shape index (κ3) is 6.60. The Labute approximate surface area is 117 Å². The molecule has 0 spiro atoms. The van der Waals surface area contributed by atoms with Crippen LogP contribution in [0.4, 0.5) is 0 Å². The summed E-state index contributed by atoms with van der Waals surface area (Å²) in [6.07, 6.45) is 1.04. The van der Waals surface area contributed by atoms with Crippen LogP contribution in [0.25, 0.3) is 0 Å². The predicted molar refractivity (Wildman–Crippen MR) is 80.0 cm³/mol. The first-order valence-electron chi connectivity index (χ1n) is 6.97. The lowest BCUT2D eigenvalue weighted by atomic mass is 9.87. The van der Waals surface area contributed by atoms with Crippen molar-refractivity contribution in [2.75, 3.05) is 33.4 Å². The summed E-state index contributed by atoms with van der Waals surface area (Å²) in [5.41, 5.74) is 1.53. The zero-order valence-electron chi connectivity index (χ0n) is 12.7. The van der Waals surface area contributed by atoms with E-state index in [1.54, 1.807) is 7.11 Å². The summed E-state index contributed by atoms with van der Waals surface area (Å²) in [5.74, 6) is 0.937. The monoisotopic (exact) mass is 265 g/mol. The minimum absolute atomic E-state index is 0.196. The molecule has 19 heavy (non-hydrogen) atoms. The summed E-state index contributed by atoms with van der Waals surface area (Å²) in [5, 5.41) is 3.32. The topological polar surface area (TPSA) is 30.5 Å². The van der Waals surface area contributed by atoms with Gasteiger partial charge in [0.05, 0.1) is 0 Å². The van der Waals surface area contributed by atoms with Crippen LogP contribution in [0.3, 0.4) is 0 Å². The Morgan fingerprint density at radius 3 is 2.26 bits per heavy atom. The maximum atomic E-state index is 5.69. The molecule has 0 bridgehead atoms. The molecule has 3 heteroatoms. The molecule has 0 saturated heterocycles. The van der Waals surface area contributed by atoms with Gasteiger partial charge in [-0.05, 0) is 36.1 Å². The Bertz CT molecular complexity index is 341. The van der Waals surface area contributed by atoms with Crippen LogP contribution in [0.1, 0.15) is 32.8 Å². The van der Waals surface area contributed by atoms with Crippen molar-refractivity contribution in [1.82, 2.24) is 5.32 Å². The Kier molecular flexibility index (Phi) is 6.89. The van der Waals surface area contributed by atoms with Crippen molar-refractivity contribution in [3.05, 3.63) is 29.8 Å². The molecule has 1 aromatic carbocycles. The molecule has 1 N–H and O–H groups in total. The van der Waals surface area contributed by atoms with Crippen molar-refractivity contribution in [1.29, 1.82) is 0 Å². The molecule has 0 saturated carbocycles. The van der Waals surface area contributed by atoms with Crippen LogP contribution in [0.15, 0.2) is 24.3 Å². The van der Waals surface area contributed by atoms with Crippen LogP contribution in [-0.2, 0) is 10.2 Å². The van der Waals surface area contributed by atoms with E-state index in [0.717, 1.165) is 31.9 Å². The van der Waals surface area contributed by atoms with Crippen LogP contribution in [0, 0.1) is 0 Å². The summed E-state index contributed by atoms with van der Waals surface area (Å²) >= 11 is 0. The van der Waals surface area contributed by atoms with Gasteiger partial charge in [0.1, 0.15) is 12.4 Å². The maximum Gasteiger partial charge on any atom is 0.119 e. The number of methoxy groups -OCH3 is 1. The lowest BCUT2D eigenvalue weighted by Crippen LogP contribution is -2.22. The minimum Gasteiger partial charge on any atom is -0.492 e. The molecule has 108 valence electrons. The lowest BCUT2D eigenvalue weighted by Gasteiger charge is -2.19. The second-order valence-corrected chi connectivity index (χ2v) is 5.72. The van der Waals surface area contributed by atoms with Crippen LogP contribution < -0.4 is 10.1 Å². The molecule has 1 rings (SSSR count). The average molecular weight is 265 g/mol. The maximum absolute atomic E-state index is 5.69. The molecule has 0 aliphatic rings. The van der Waals surface area contributed by atoms with Gasteiger partial charge in [0.25, 0.3) is 0 Å². The summed E-state index contributed by atoms with van der Waals surface area (Å²) in [6.45, 7) is 9.99. The second kappa shape index (κ2) is 8.18. The zero-order chi connectivity index (χ0) is 14.1. The molecule has 0 aliphatic carbocycles. The summed E-state index contributed by atoms with van der Waals surface area (Å²) in [6, 6.07) is 8.37. The fourth-order valence-electron chi connectivity index (χ4n) is 1.76. The molecule has 0 radical (unpaired) electrons. The Hall–Kier alpha value is -1.06. The van der Waals surface area contributed by atoms with Gasteiger partial charge in [0.2, 0.25) is 0 Å². The van der Waals surface area contributed by atoms with E-state index in [9.17, 15) is 0 Å². The fourth-order valence-corrected chi connectivity index (χ4v) is 1.76. The Morgan fingerprint density at radius 2 is 1.68 bits per heavy atom. The molecule has 0 atom stereocenters. The Balaban J connectivity index is 2.20. The molecular weight excluding hydrogens is 238 g/mol. The first-order chi connectivity index (χ1) is 9.04. The lowest BCUT2D eigenvalue weighted by molar-refractivity contribution is 0.193. The van der Waals surface area contributed by atoms with Gasteiger partial charge >= 0.3 is 0 Å². The number of nitrogens with one attached hydrogen (secondary N) is 1. The molecule has 0 fully saturated rings. The highest BCUT2D eigenvalue weighted by molar-refractivity contribution is 5.31. The molecule has 3 nitrogen and oxygen atoms in total. The second-order valence-electron chi connectivity index (χ2n) is 5.72. The average Bonchev–Trinajstić information content (AvgIpc) is 2.37. The van der Waals surface area contributed by atoms with E-state index in [0.29, 0.717) is 6.61 Å². The van der Waals surface area contributed by atoms with E-state index in [-0.39, 0.29) is 5.41 Å². The SMILES string of the molecule is COCCCNCCOc1ccc(C(C)(C)C)cc1. The van der Waals surface area contributed by atoms with Gasteiger partial charge in [0.15, 0.2) is 0 Å². The van der Waals surface area contributed by atoms with Crippen molar-refractivity contribution >= 4 is 0 Å². The largest absolute Gasteiger partial charge is 0.492 e. The van der Waals surface area contributed by atoms with Crippen molar-refractivity contribution in [3.8, 4) is 5.75 Å². The molecule has 0 heterocycles. The van der Waals surface area contributed by atoms with Gasteiger partial charge in [0, 0.05) is 20.3 Å². The van der Waals surface area contributed by atoms with Crippen molar-refractivity contribution in [3.63, 3.8) is 0 Å². The first-order valence-corrected chi connectivity index (χ1v) is 6.97. The number of hydrogen-bond acceptors (Lipinski definition) is 3. The molecule has 1 aromatic rings. The van der Waals surface area contributed by atoms with Crippen molar-refractivity contribution in [2.45, 2.75) is 32.6 Å². The molecule has 0 aromatic heterocycles. The Morgan fingerprint density at radius 1 is 1.00 bits per heavy atom. The molecular formula is C16H27NO2. The standard InChI is InChI=1S/C16H27NO2/c1-16(2,3)14-6-8-15(9-7-14)19-13-11-17-10-5-12-18-4/h6-9,17H,5,10-13H2,1-4H3. The summed E-state index contributed by atoms with van der Waals surface area (Å²) < 4.78 is 10.7. The van der Waals surface area contributed by atoms with Crippen LogP contribution in [0.2, 0.25) is 0 Å². The van der Waals surface area contributed by atoms with Gasteiger partial charge in [-0.25, -0.2) is 0 Å². The summed E-state index contributed by atoms with van der Waals surface area (Å²) in [4.78, 5) is 0. The van der Waals surface area contributed by atoms with Crippen LogP contribution in [-0.4, -0.2) is 33.4 Å². The predicted octanol–water partition coefficient (Wildman–Crippen LogP) is 2.99. The number of rotatable bonds is 8. The van der Waals surface area contributed by atoms with E-state index >= 15 is 0 Å².